The number of para-hydroxylation sites is 2. The monoisotopic (exact) mass is 387 g/mol. The summed E-state index contributed by atoms with van der Waals surface area (Å²) in [6.07, 6.45) is 1.08. The number of thioether (sulfide) groups is 1. The van der Waals surface area contributed by atoms with Crippen LogP contribution in [0, 0.1) is 6.92 Å². The third-order valence-corrected chi connectivity index (χ3v) is 5.22. The molecule has 0 aliphatic heterocycles. The van der Waals surface area contributed by atoms with E-state index in [0.717, 1.165) is 28.0 Å². The van der Waals surface area contributed by atoms with Crippen LogP contribution in [0.3, 0.4) is 0 Å². The van der Waals surface area contributed by atoms with Gasteiger partial charge in [0.2, 0.25) is 10.0 Å². The maximum absolute atomic E-state index is 12.4. The van der Waals surface area contributed by atoms with E-state index in [2.05, 4.69) is 14.7 Å². The van der Waals surface area contributed by atoms with Crippen molar-refractivity contribution in [3.05, 3.63) is 59.8 Å². The van der Waals surface area contributed by atoms with Crippen LogP contribution in [0.4, 0.5) is 5.69 Å². The van der Waals surface area contributed by atoms with E-state index in [9.17, 15) is 13.2 Å². The topological polar surface area (TPSA) is 89.0 Å². The van der Waals surface area contributed by atoms with Crippen molar-refractivity contribution >= 4 is 44.3 Å². The van der Waals surface area contributed by atoms with Gasteiger partial charge in [-0.15, -0.1) is 0 Å². The Morgan fingerprint density at radius 2 is 1.65 bits per heavy atom. The first-order valence-corrected chi connectivity index (χ1v) is 10.7. The second-order valence-corrected chi connectivity index (χ2v) is 8.48. The number of nitrogens with zero attached hydrogens (tertiary/aromatic N) is 2. The first kappa shape index (κ1) is 18.3. The molecule has 1 N–H and O–H groups in total. The second-order valence-electron chi connectivity index (χ2n) is 5.77. The third-order valence-electron chi connectivity index (χ3n) is 3.55. The van der Waals surface area contributed by atoms with Gasteiger partial charge in [0.05, 0.1) is 28.7 Å². The summed E-state index contributed by atoms with van der Waals surface area (Å²) in [4.78, 5) is 21.5. The molecule has 3 rings (SSSR count). The number of rotatable bonds is 6. The highest BCUT2D eigenvalue weighted by Crippen LogP contribution is 2.23. The van der Waals surface area contributed by atoms with E-state index in [1.165, 1.54) is 11.8 Å². The summed E-state index contributed by atoms with van der Waals surface area (Å²) in [7, 11) is -3.33. The predicted octanol–water partition coefficient (Wildman–Crippen LogP) is 3.28. The van der Waals surface area contributed by atoms with Crippen molar-refractivity contribution in [3.8, 4) is 0 Å². The number of hydrogen-bond donors (Lipinski definition) is 1. The Labute approximate surface area is 156 Å². The number of benzene rings is 2. The number of carbonyl (C=O) groups excluding carboxylic acids is 1. The van der Waals surface area contributed by atoms with Crippen LogP contribution in [0.1, 0.15) is 16.1 Å². The van der Waals surface area contributed by atoms with E-state index < -0.39 is 10.0 Å². The number of ketones is 1. The molecule has 0 amide bonds. The van der Waals surface area contributed by atoms with Crippen LogP contribution in [0.15, 0.2) is 53.6 Å². The van der Waals surface area contributed by atoms with Gasteiger partial charge in [0, 0.05) is 11.3 Å². The Kier molecular flexibility index (Phi) is 5.24. The van der Waals surface area contributed by atoms with Crippen molar-refractivity contribution in [1.29, 1.82) is 0 Å². The number of aromatic nitrogens is 2. The Balaban J connectivity index is 1.70. The van der Waals surface area contributed by atoms with E-state index >= 15 is 0 Å². The fourth-order valence-electron chi connectivity index (χ4n) is 2.36. The van der Waals surface area contributed by atoms with Crippen molar-refractivity contribution in [2.45, 2.75) is 11.9 Å². The predicted molar refractivity (Wildman–Crippen MR) is 104 cm³/mol. The number of fused-ring (bicyclic) bond motifs is 1. The number of hydrogen-bond acceptors (Lipinski definition) is 6. The van der Waals surface area contributed by atoms with Gasteiger partial charge in [0.15, 0.2) is 5.78 Å². The Morgan fingerprint density at radius 1 is 1.04 bits per heavy atom. The highest BCUT2D eigenvalue weighted by molar-refractivity contribution is 8.00. The smallest absolute Gasteiger partial charge is 0.229 e. The highest BCUT2D eigenvalue weighted by Gasteiger charge is 2.11. The van der Waals surface area contributed by atoms with E-state index in [1.54, 1.807) is 24.3 Å². The molecule has 134 valence electrons. The molecule has 0 saturated carbocycles. The number of aryl methyl sites for hydroxylation is 1. The molecular formula is C18H17N3O3S2. The number of nitrogens with one attached hydrogen (secondary N) is 1. The zero-order valence-electron chi connectivity index (χ0n) is 14.3. The first-order chi connectivity index (χ1) is 12.3. The van der Waals surface area contributed by atoms with Gasteiger partial charge in [-0.05, 0) is 43.3 Å². The SMILES string of the molecule is Cc1nc2ccccc2nc1SCC(=O)c1ccc(NS(C)(=O)=O)cc1. The maximum Gasteiger partial charge on any atom is 0.229 e. The fourth-order valence-corrected chi connectivity index (χ4v) is 3.78. The van der Waals surface area contributed by atoms with Crippen LogP contribution in [-0.4, -0.2) is 36.2 Å². The summed E-state index contributed by atoms with van der Waals surface area (Å²) >= 11 is 1.34. The molecule has 1 heterocycles. The van der Waals surface area contributed by atoms with Crippen molar-refractivity contribution < 1.29 is 13.2 Å². The lowest BCUT2D eigenvalue weighted by Gasteiger charge is -2.07. The lowest BCUT2D eigenvalue weighted by molar-refractivity contribution is 0.102. The van der Waals surface area contributed by atoms with E-state index in [0.29, 0.717) is 11.3 Å². The van der Waals surface area contributed by atoms with E-state index in [-0.39, 0.29) is 11.5 Å². The molecule has 0 unspecified atom stereocenters. The molecule has 2 aromatic carbocycles. The molecule has 6 nitrogen and oxygen atoms in total. The number of Topliss-reactive ketones (excluding diaryl/α,β-unsaturated/α-hetero) is 1. The third kappa shape index (κ3) is 4.59. The Hall–Kier alpha value is -2.45. The van der Waals surface area contributed by atoms with Crippen LogP contribution in [0.2, 0.25) is 0 Å². The first-order valence-electron chi connectivity index (χ1n) is 7.79. The minimum atomic E-state index is -3.33. The van der Waals surface area contributed by atoms with Crippen molar-refractivity contribution in [1.82, 2.24) is 9.97 Å². The van der Waals surface area contributed by atoms with Crippen LogP contribution in [0.25, 0.3) is 11.0 Å². The highest BCUT2D eigenvalue weighted by atomic mass is 32.2. The number of carbonyl (C=O) groups is 1. The average molecular weight is 387 g/mol. The zero-order valence-corrected chi connectivity index (χ0v) is 15.9. The summed E-state index contributed by atoms with van der Waals surface area (Å²) in [6, 6.07) is 14.0. The lowest BCUT2D eigenvalue weighted by atomic mass is 10.1. The quantitative estimate of drug-likeness (QED) is 0.516. The molecule has 0 saturated heterocycles. The van der Waals surface area contributed by atoms with Crippen molar-refractivity contribution in [2.24, 2.45) is 0 Å². The van der Waals surface area contributed by atoms with Crippen LogP contribution < -0.4 is 4.72 Å². The number of sulfonamides is 1. The van der Waals surface area contributed by atoms with Crippen LogP contribution in [-0.2, 0) is 10.0 Å². The average Bonchev–Trinajstić information content (AvgIpc) is 2.59. The van der Waals surface area contributed by atoms with Gasteiger partial charge in [-0.2, -0.15) is 0 Å². The van der Waals surface area contributed by atoms with Gasteiger partial charge < -0.3 is 0 Å². The Morgan fingerprint density at radius 3 is 2.27 bits per heavy atom. The summed E-state index contributed by atoms with van der Waals surface area (Å²) in [5.74, 6) is 0.169. The summed E-state index contributed by atoms with van der Waals surface area (Å²) in [5.41, 5.74) is 3.35. The van der Waals surface area contributed by atoms with E-state index in [4.69, 9.17) is 0 Å². The largest absolute Gasteiger partial charge is 0.293 e. The van der Waals surface area contributed by atoms with Gasteiger partial charge >= 0.3 is 0 Å². The number of anilines is 1. The standard InChI is InChI=1S/C18H17N3O3S2/c1-12-18(20-16-6-4-3-5-15(16)19-12)25-11-17(22)13-7-9-14(10-8-13)21-26(2,23)24/h3-10,21H,11H2,1-2H3. The molecule has 26 heavy (non-hydrogen) atoms. The van der Waals surface area contributed by atoms with Crippen molar-refractivity contribution in [2.75, 3.05) is 16.7 Å². The van der Waals surface area contributed by atoms with Crippen molar-refractivity contribution in [3.63, 3.8) is 0 Å². The van der Waals surface area contributed by atoms with Gasteiger partial charge in [-0.1, -0.05) is 23.9 Å². The van der Waals surface area contributed by atoms with Crippen LogP contribution in [0.5, 0.6) is 0 Å². The van der Waals surface area contributed by atoms with E-state index in [1.807, 2.05) is 31.2 Å². The second kappa shape index (κ2) is 7.43. The van der Waals surface area contributed by atoms with Gasteiger partial charge in [0.25, 0.3) is 0 Å². The van der Waals surface area contributed by atoms with Crippen LogP contribution >= 0.6 is 11.8 Å². The molecule has 0 aliphatic carbocycles. The molecular weight excluding hydrogens is 370 g/mol. The molecule has 0 atom stereocenters. The fraction of sp³-hybridized carbons (Fsp3) is 0.167. The Bertz CT molecular complexity index is 1060. The lowest BCUT2D eigenvalue weighted by Crippen LogP contribution is -2.10. The molecule has 1 aromatic heterocycles. The molecule has 8 heteroatoms. The van der Waals surface area contributed by atoms with Gasteiger partial charge in [0.1, 0.15) is 5.03 Å². The van der Waals surface area contributed by atoms with Gasteiger partial charge in [-0.3, -0.25) is 9.52 Å². The normalized spacial score (nSPS) is 11.5. The summed E-state index contributed by atoms with van der Waals surface area (Å²) in [6.45, 7) is 1.87. The molecule has 0 radical (unpaired) electrons. The summed E-state index contributed by atoms with van der Waals surface area (Å²) in [5, 5.41) is 0.729. The minimum absolute atomic E-state index is 0.0599. The molecule has 0 fully saturated rings. The molecule has 0 bridgehead atoms. The molecule has 0 aliphatic rings. The summed E-state index contributed by atoms with van der Waals surface area (Å²) < 4.78 is 24.8. The zero-order chi connectivity index (χ0) is 18.7. The minimum Gasteiger partial charge on any atom is -0.293 e. The maximum atomic E-state index is 12.4. The molecule has 3 aromatic rings. The van der Waals surface area contributed by atoms with Gasteiger partial charge in [-0.25, -0.2) is 18.4 Å². The molecule has 0 spiro atoms.